The lowest BCUT2D eigenvalue weighted by molar-refractivity contribution is 0.0179. The Hall–Kier alpha value is -0.580. The summed E-state index contributed by atoms with van der Waals surface area (Å²) in [7, 11) is 0. The van der Waals surface area contributed by atoms with Crippen LogP contribution in [0.3, 0.4) is 0 Å². The smallest absolute Gasteiger partial charge is 0.191 e. The Morgan fingerprint density at radius 1 is 1.34 bits per heavy atom. The first kappa shape index (κ1) is 24.7. The van der Waals surface area contributed by atoms with Crippen LogP contribution in [0.5, 0.6) is 0 Å². The van der Waals surface area contributed by atoms with Gasteiger partial charge >= 0.3 is 0 Å². The number of ether oxygens (including phenoxy) is 1. The third-order valence-electron chi connectivity index (χ3n) is 5.55. The molecule has 1 saturated carbocycles. The number of halogens is 2. The summed E-state index contributed by atoms with van der Waals surface area (Å²) >= 11 is 1.96. The number of benzene rings is 1. The number of guanidine groups is 1. The molecular formula is C21H34FIN4OS. The summed E-state index contributed by atoms with van der Waals surface area (Å²) in [6, 6.07) is 7.45. The number of rotatable bonds is 7. The summed E-state index contributed by atoms with van der Waals surface area (Å²) in [5.41, 5.74) is 0.977. The minimum absolute atomic E-state index is 0. The van der Waals surface area contributed by atoms with Crippen molar-refractivity contribution in [2.45, 2.75) is 43.5 Å². The Kier molecular flexibility index (Phi) is 11.0. The molecule has 0 aromatic heterocycles. The third kappa shape index (κ3) is 7.56. The van der Waals surface area contributed by atoms with Crippen LogP contribution >= 0.6 is 35.7 Å². The molecule has 8 heteroatoms. The van der Waals surface area contributed by atoms with Gasteiger partial charge in [0.1, 0.15) is 5.82 Å². The lowest BCUT2D eigenvalue weighted by Gasteiger charge is -2.34. The second-order valence-corrected chi connectivity index (χ2v) is 8.59. The van der Waals surface area contributed by atoms with Crippen molar-refractivity contribution in [2.75, 3.05) is 45.6 Å². The fourth-order valence-electron chi connectivity index (χ4n) is 4.01. The lowest BCUT2D eigenvalue weighted by atomic mass is 10.0. The quantitative estimate of drug-likeness (QED) is 0.317. The van der Waals surface area contributed by atoms with E-state index in [0.29, 0.717) is 25.8 Å². The molecule has 0 amide bonds. The molecule has 3 unspecified atom stereocenters. The summed E-state index contributed by atoms with van der Waals surface area (Å²) in [6.07, 6.45) is 5.82. The van der Waals surface area contributed by atoms with Crippen LogP contribution in [0.2, 0.25) is 0 Å². The summed E-state index contributed by atoms with van der Waals surface area (Å²) in [5.74, 6) is 0.669. The molecule has 3 rings (SSSR count). The lowest BCUT2D eigenvalue weighted by Crippen LogP contribution is -2.44. The van der Waals surface area contributed by atoms with E-state index in [1.165, 1.54) is 25.3 Å². The number of aliphatic imine (C=N–C) groups is 1. The molecule has 0 radical (unpaired) electrons. The maximum Gasteiger partial charge on any atom is 0.191 e. The van der Waals surface area contributed by atoms with Crippen molar-refractivity contribution in [1.82, 2.24) is 15.5 Å². The number of nitrogens with one attached hydrogen (secondary N) is 2. The van der Waals surface area contributed by atoms with Crippen LogP contribution in [-0.4, -0.2) is 67.8 Å². The second-order valence-electron chi connectivity index (χ2n) is 7.45. The minimum atomic E-state index is -0.196. The second kappa shape index (κ2) is 13.0. The predicted molar refractivity (Wildman–Crippen MR) is 131 cm³/mol. The number of morpholine rings is 1. The van der Waals surface area contributed by atoms with Crippen molar-refractivity contribution in [3.63, 3.8) is 0 Å². The van der Waals surface area contributed by atoms with Crippen LogP contribution in [0.4, 0.5) is 4.39 Å². The van der Waals surface area contributed by atoms with Gasteiger partial charge in [-0.25, -0.2) is 4.39 Å². The van der Waals surface area contributed by atoms with Gasteiger partial charge < -0.3 is 15.4 Å². The van der Waals surface area contributed by atoms with Gasteiger partial charge in [0.25, 0.3) is 0 Å². The number of nitrogens with zero attached hydrogens (tertiary/aromatic N) is 2. The standard InChI is InChI=1S/C21H33FN4OS.HI/c1-3-23-21(25-18-7-8-19(14-18)28-2)24-15-20(26-9-11-27-12-10-26)16-5-4-6-17(22)13-16;/h4-6,13,18-20H,3,7-12,14-15H2,1-2H3,(H2,23,24,25);1H. The highest BCUT2D eigenvalue weighted by Crippen LogP contribution is 2.28. The molecule has 29 heavy (non-hydrogen) atoms. The van der Waals surface area contributed by atoms with Crippen molar-refractivity contribution < 1.29 is 9.13 Å². The van der Waals surface area contributed by atoms with E-state index in [9.17, 15) is 4.39 Å². The van der Waals surface area contributed by atoms with E-state index >= 15 is 0 Å². The predicted octanol–water partition coefficient (Wildman–Crippen LogP) is 3.66. The van der Waals surface area contributed by atoms with Gasteiger partial charge in [-0.05, 0) is 50.1 Å². The number of thioether (sulfide) groups is 1. The van der Waals surface area contributed by atoms with Crippen molar-refractivity contribution in [1.29, 1.82) is 0 Å². The molecular weight excluding hydrogens is 502 g/mol. The molecule has 164 valence electrons. The van der Waals surface area contributed by atoms with Crippen LogP contribution in [-0.2, 0) is 4.74 Å². The van der Waals surface area contributed by atoms with E-state index < -0.39 is 0 Å². The zero-order chi connectivity index (χ0) is 19.8. The average molecular weight is 536 g/mol. The largest absolute Gasteiger partial charge is 0.379 e. The van der Waals surface area contributed by atoms with Crippen molar-refractivity contribution in [3.8, 4) is 0 Å². The molecule has 0 spiro atoms. The maximum atomic E-state index is 13.8. The van der Waals surface area contributed by atoms with E-state index in [1.54, 1.807) is 12.1 Å². The van der Waals surface area contributed by atoms with Crippen molar-refractivity contribution in [2.24, 2.45) is 4.99 Å². The van der Waals surface area contributed by atoms with Gasteiger partial charge in [-0.15, -0.1) is 24.0 Å². The molecule has 3 atom stereocenters. The summed E-state index contributed by atoms with van der Waals surface area (Å²) in [6.45, 7) is 6.63. The molecule has 1 aliphatic carbocycles. The highest BCUT2D eigenvalue weighted by Gasteiger charge is 2.26. The van der Waals surface area contributed by atoms with E-state index in [0.717, 1.165) is 36.4 Å². The molecule has 5 nitrogen and oxygen atoms in total. The van der Waals surface area contributed by atoms with Gasteiger partial charge in [-0.2, -0.15) is 11.8 Å². The molecule has 0 bridgehead atoms. The molecule has 1 aromatic carbocycles. The SMILES string of the molecule is CCNC(=NCC(c1cccc(F)c1)N1CCOCC1)NC1CCC(SC)C1.I. The number of hydrogen-bond donors (Lipinski definition) is 2. The average Bonchev–Trinajstić information content (AvgIpc) is 3.17. The van der Waals surface area contributed by atoms with Gasteiger partial charge in [-0.3, -0.25) is 9.89 Å². The van der Waals surface area contributed by atoms with Gasteiger partial charge in [0, 0.05) is 30.9 Å². The van der Waals surface area contributed by atoms with E-state index in [2.05, 4.69) is 28.7 Å². The highest BCUT2D eigenvalue weighted by atomic mass is 127. The molecule has 2 N–H and O–H groups in total. The summed E-state index contributed by atoms with van der Waals surface area (Å²) < 4.78 is 19.4. The molecule has 1 saturated heterocycles. The van der Waals surface area contributed by atoms with Gasteiger partial charge in [-0.1, -0.05) is 12.1 Å². The summed E-state index contributed by atoms with van der Waals surface area (Å²) in [4.78, 5) is 7.24. The minimum Gasteiger partial charge on any atom is -0.379 e. The Labute approximate surface area is 195 Å². The van der Waals surface area contributed by atoms with Crippen LogP contribution in [0.1, 0.15) is 37.8 Å². The monoisotopic (exact) mass is 536 g/mol. The van der Waals surface area contributed by atoms with Crippen molar-refractivity contribution >= 4 is 41.7 Å². The molecule has 2 aliphatic rings. The first-order chi connectivity index (χ1) is 13.7. The normalized spacial score (nSPS) is 24.0. The Bertz CT molecular complexity index is 645. The van der Waals surface area contributed by atoms with Gasteiger partial charge in [0.2, 0.25) is 0 Å². The Morgan fingerprint density at radius 2 is 2.14 bits per heavy atom. The van der Waals surface area contributed by atoms with Crippen LogP contribution < -0.4 is 10.6 Å². The van der Waals surface area contributed by atoms with Gasteiger partial charge in [0.15, 0.2) is 5.96 Å². The Morgan fingerprint density at radius 3 is 2.79 bits per heavy atom. The van der Waals surface area contributed by atoms with Crippen LogP contribution in [0, 0.1) is 5.82 Å². The van der Waals surface area contributed by atoms with Crippen LogP contribution in [0.25, 0.3) is 0 Å². The zero-order valence-electron chi connectivity index (χ0n) is 17.4. The topological polar surface area (TPSA) is 48.9 Å². The van der Waals surface area contributed by atoms with E-state index in [4.69, 9.17) is 9.73 Å². The highest BCUT2D eigenvalue weighted by molar-refractivity contribution is 14.0. The first-order valence-corrected chi connectivity index (χ1v) is 11.6. The fourth-order valence-corrected chi connectivity index (χ4v) is 4.81. The molecule has 1 heterocycles. The molecule has 1 aromatic rings. The maximum absolute atomic E-state index is 13.8. The van der Waals surface area contributed by atoms with Crippen molar-refractivity contribution in [3.05, 3.63) is 35.6 Å². The Balaban J connectivity index is 0.00000300. The van der Waals surface area contributed by atoms with Gasteiger partial charge in [0.05, 0.1) is 25.8 Å². The fraction of sp³-hybridized carbons (Fsp3) is 0.667. The summed E-state index contributed by atoms with van der Waals surface area (Å²) in [5, 5.41) is 7.73. The van der Waals surface area contributed by atoms with E-state index in [-0.39, 0.29) is 35.8 Å². The third-order valence-corrected chi connectivity index (χ3v) is 6.64. The molecule has 2 fully saturated rings. The zero-order valence-corrected chi connectivity index (χ0v) is 20.5. The first-order valence-electron chi connectivity index (χ1n) is 10.3. The van der Waals surface area contributed by atoms with Crippen LogP contribution in [0.15, 0.2) is 29.3 Å². The van der Waals surface area contributed by atoms with E-state index in [1.807, 2.05) is 17.8 Å². The number of hydrogen-bond acceptors (Lipinski definition) is 4. The molecule has 1 aliphatic heterocycles.